The minimum absolute atomic E-state index is 0.0849. The number of hydrogen-bond donors (Lipinski definition) is 5. The number of nitrogens with two attached hydrogens (primary N) is 1. The molecular weight excluding hydrogens is 482 g/mol. The second-order valence-electron chi connectivity index (χ2n) is 7.63. The van der Waals surface area contributed by atoms with Crippen molar-refractivity contribution in [2.75, 3.05) is 10.6 Å². The summed E-state index contributed by atoms with van der Waals surface area (Å²) in [5.74, 6) is 3.40. The van der Waals surface area contributed by atoms with Gasteiger partial charge in [-0.25, -0.2) is 8.42 Å². The van der Waals surface area contributed by atoms with Gasteiger partial charge in [0, 0.05) is 22.3 Å². The van der Waals surface area contributed by atoms with Crippen molar-refractivity contribution in [1.82, 2.24) is 4.72 Å². The molecule has 0 aliphatic heterocycles. The number of sulfonamides is 1. The first-order valence-corrected chi connectivity index (χ1v) is 12.3. The van der Waals surface area contributed by atoms with Crippen molar-refractivity contribution in [3.8, 4) is 0 Å². The summed E-state index contributed by atoms with van der Waals surface area (Å²) in [7, 11) is -4.00. The second-order valence-corrected chi connectivity index (χ2v) is 9.22. The van der Waals surface area contributed by atoms with E-state index in [1.165, 1.54) is 12.4 Å². The minimum Gasteiger partial charge on any atom is -0.480 e. The number of hydrazone groups is 1. The maximum Gasteiger partial charge on any atom is 0.322 e. The number of nitrogens with zero attached hydrogens (tertiary/aromatic N) is 1. The summed E-state index contributed by atoms with van der Waals surface area (Å²) in [5, 5.41) is 19.4. The molecular formula is C25H25N5O5S. The Hall–Kier alpha value is -4.48. The maximum absolute atomic E-state index is 12.6. The van der Waals surface area contributed by atoms with Gasteiger partial charge in [-0.3, -0.25) is 9.59 Å². The van der Waals surface area contributed by atoms with E-state index in [0.29, 0.717) is 28.1 Å². The molecule has 6 N–H and O–H groups in total. The Morgan fingerprint density at radius 1 is 0.972 bits per heavy atom. The van der Waals surface area contributed by atoms with E-state index in [-0.39, 0.29) is 12.3 Å². The van der Waals surface area contributed by atoms with Crippen LogP contribution in [-0.2, 0) is 21.2 Å². The van der Waals surface area contributed by atoms with Gasteiger partial charge in [0.2, 0.25) is 10.0 Å². The Kier molecular flexibility index (Phi) is 8.92. The third-order valence-electron chi connectivity index (χ3n) is 4.93. The quantitative estimate of drug-likeness (QED) is 0.115. The Morgan fingerprint density at radius 2 is 1.69 bits per heavy atom. The molecule has 0 fully saturated rings. The van der Waals surface area contributed by atoms with Gasteiger partial charge >= 0.3 is 5.97 Å². The molecule has 3 aromatic carbocycles. The zero-order valence-corrected chi connectivity index (χ0v) is 19.9. The number of nitrogens with one attached hydrogen (secondary N) is 3. The van der Waals surface area contributed by atoms with Gasteiger partial charge in [0.1, 0.15) is 12.4 Å². The number of carbonyl (C=O) groups is 2. The van der Waals surface area contributed by atoms with Gasteiger partial charge < -0.3 is 21.6 Å². The standard InChI is InChI=1S/C25H25N5O5S/c26-28-17-27-22-8-4-7-20(16-22)24(31)29-21-11-9-19(10-12-21)15-23(25(32)33)30-36(34,35)14-13-18-5-2-1-3-6-18/h1-14,16-17,23,30H,15,26H2,(H,27,28)(H,29,31)(H,32,33)/t23-/m0/s1. The summed E-state index contributed by atoms with van der Waals surface area (Å²) < 4.78 is 26.9. The fourth-order valence-electron chi connectivity index (χ4n) is 3.17. The molecule has 0 spiro atoms. The topological polar surface area (TPSA) is 163 Å². The third kappa shape index (κ3) is 8.08. The number of hydrogen-bond acceptors (Lipinski definition) is 6. The molecule has 1 atom stereocenters. The van der Waals surface area contributed by atoms with Gasteiger partial charge in [-0.15, -0.1) is 0 Å². The summed E-state index contributed by atoms with van der Waals surface area (Å²) >= 11 is 0. The molecule has 0 aliphatic rings. The highest BCUT2D eigenvalue weighted by Crippen LogP contribution is 2.15. The number of anilines is 2. The van der Waals surface area contributed by atoms with Crippen molar-refractivity contribution in [3.05, 3.63) is 101 Å². The molecule has 36 heavy (non-hydrogen) atoms. The van der Waals surface area contributed by atoms with Crippen LogP contribution in [0.5, 0.6) is 0 Å². The average Bonchev–Trinajstić information content (AvgIpc) is 2.87. The summed E-state index contributed by atoms with van der Waals surface area (Å²) in [6, 6.07) is 20.6. The van der Waals surface area contributed by atoms with Crippen LogP contribution in [0.15, 0.2) is 89.4 Å². The Bertz CT molecular complexity index is 1360. The van der Waals surface area contributed by atoms with Crippen LogP contribution in [-0.4, -0.2) is 37.8 Å². The molecule has 0 saturated carbocycles. The van der Waals surface area contributed by atoms with Crippen LogP contribution in [0, 0.1) is 0 Å². The second kappa shape index (κ2) is 12.3. The van der Waals surface area contributed by atoms with Crippen LogP contribution in [0.25, 0.3) is 6.08 Å². The molecule has 3 aromatic rings. The number of benzene rings is 3. The van der Waals surface area contributed by atoms with Crippen LogP contribution in [0.3, 0.4) is 0 Å². The zero-order valence-electron chi connectivity index (χ0n) is 19.0. The van der Waals surface area contributed by atoms with Crippen molar-refractivity contribution < 1.29 is 23.1 Å². The maximum atomic E-state index is 12.6. The lowest BCUT2D eigenvalue weighted by Gasteiger charge is -2.14. The smallest absolute Gasteiger partial charge is 0.322 e. The van der Waals surface area contributed by atoms with Gasteiger partial charge in [-0.2, -0.15) is 9.82 Å². The van der Waals surface area contributed by atoms with E-state index in [0.717, 1.165) is 5.41 Å². The fourth-order valence-corrected chi connectivity index (χ4v) is 4.17. The Labute approximate surface area is 208 Å². The van der Waals surface area contributed by atoms with Gasteiger partial charge in [-0.05, 0) is 54.0 Å². The lowest BCUT2D eigenvalue weighted by molar-refractivity contribution is -0.138. The van der Waals surface area contributed by atoms with Gasteiger partial charge in [0.15, 0.2) is 0 Å². The molecule has 3 rings (SSSR count). The van der Waals surface area contributed by atoms with Crippen molar-refractivity contribution >= 4 is 45.7 Å². The molecule has 0 saturated heterocycles. The molecule has 0 bridgehead atoms. The predicted molar refractivity (Wildman–Crippen MR) is 140 cm³/mol. The van der Waals surface area contributed by atoms with E-state index in [4.69, 9.17) is 5.84 Å². The lowest BCUT2D eigenvalue weighted by Crippen LogP contribution is -2.41. The van der Waals surface area contributed by atoms with E-state index in [2.05, 4.69) is 20.5 Å². The molecule has 186 valence electrons. The largest absolute Gasteiger partial charge is 0.480 e. The van der Waals surface area contributed by atoms with Crippen LogP contribution in [0.1, 0.15) is 21.5 Å². The summed E-state index contributed by atoms with van der Waals surface area (Å²) in [5.41, 5.74) is 2.76. The molecule has 11 heteroatoms. The number of carboxylic acid groups (broad SMARTS) is 1. The number of rotatable bonds is 11. The molecule has 0 radical (unpaired) electrons. The summed E-state index contributed by atoms with van der Waals surface area (Å²) in [6.07, 6.45) is 2.59. The molecule has 0 aliphatic carbocycles. The normalized spacial score (nSPS) is 12.4. The predicted octanol–water partition coefficient (Wildman–Crippen LogP) is 2.84. The first-order valence-electron chi connectivity index (χ1n) is 10.7. The van der Waals surface area contributed by atoms with Crippen LogP contribution in [0.4, 0.5) is 11.4 Å². The molecule has 1 amide bonds. The highest BCUT2D eigenvalue weighted by Gasteiger charge is 2.23. The van der Waals surface area contributed by atoms with E-state index in [9.17, 15) is 23.1 Å². The molecule has 0 unspecified atom stereocenters. The minimum atomic E-state index is -4.00. The third-order valence-corrected chi connectivity index (χ3v) is 6.03. The lowest BCUT2D eigenvalue weighted by atomic mass is 10.1. The number of aliphatic carboxylic acids is 1. The van der Waals surface area contributed by atoms with Crippen LogP contribution >= 0.6 is 0 Å². The average molecular weight is 508 g/mol. The molecule has 10 nitrogen and oxygen atoms in total. The summed E-state index contributed by atoms with van der Waals surface area (Å²) in [6.45, 7) is 0. The molecule has 0 aromatic heterocycles. The van der Waals surface area contributed by atoms with Gasteiger partial charge in [0.05, 0.1) is 0 Å². The van der Waals surface area contributed by atoms with Gasteiger partial charge in [0.25, 0.3) is 5.91 Å². The van der Waals surface area contributed by atoms with Crippen LogP contribution < -0.4 is 21.2 Å². The zero-order chi connectivity index (χ0) is 26.0. The first kappa shape index (κ1) is 26.1. The van der Waals surface area contributed by atoms with E-state index >= 15 is 0 Å². The van der Waals surface area contributed by atoms with Gasteiger partial charge in [-0.1, -0.05) is 48.5 Å². The summed E-state index contributed by atoms with van der Waals surface area (Å²) in [4.78, 5) is 24.2. The van der Waals surface area contributed by atoms with Crippen molar-refractivity contribution in [2.45, 2.75) is 12.5 Å². The molecule has 0 heterocycles. The highest BCUT2D eigenvalue weighted by atomic mass is 32.2. The van der Waals surface area contributed by atoms with Crippen molar-refractivity contribution in [1.29, 1.82) is 0 Å². The Balaban J connectivity index is 1.63. The van der Waals surface area contributed by atoms with Crippen LogP contribution in [0.2, 0.25) is 0 Å². The Morgan fingerprint density at radius 3 is 2.36 bits per heavy atom. The monoisotopic (exact) mass is 507 g/mol. The first-order chi connectivity index (χ1) is 17.3. The number of carboxylic acids is 1. The fraction of sp³-hybridized carbons (Fsp3) is 0.0800. The SMILES string of the molecule is NN=CNc1cccc(C(=O)Nc2ccc(C[C@H](NS(=O)(=O)C=Cc3ccccc3)C(=O)O)cc2)c1. The van der Waals surface area contributed by atoms with E-state index < -0.39 is 22.0 Å². The van der Waals surface area contributed by atoms with E-state index in [1.807, 2.05) is 0 Å². The number of carbonyl (C=O) groups excluding carboxylic acids is 1. The van der Waals surface area contributed by atoms with Crippen molar-refractivity contribution in [3.63, 3.8) is 0 Å². The van der Waals surface area contributed by atoms with Crippen molar-refractivity contribution in [2.24, 2.45) is 10.9 Å². The van der Waals surface area contributed by atoms with E-state index in [1.54, 1.807) is 78.9 Å². The highest BCUT2D eigenvalue weighted by molar-refractivity contribution is 7.92. The number of amides is 1.